The zero-order valence-electron chi connectivity index (χ0n) is 11.6. The molecule has 2 aromatic carbocycles. The van der Waals surface area contributed by atoms with Crippen LogP contribution in [0.4, 0.5) is 11.4 Å². The average molecular weight is 307 g/mol. The molecular formula is C15H15ClN2O3. The maximum atomic E-state index is 10.8. The molecule has 0 bridgehead atoms. The first kappa shape index (κ1) is 15.1. The quantitative estimate of drug-likeness (QED) is 0.647. The lowest BCUT2D eigenvalue weighted by Crippen LogP contribution is -2.08. The van der Waals surface area contributed by atoms with Crippen molar-refractivity contribution in [3.63, 3.8) is 0 Å². The van der Waals surface area contributed by atoms with E-state index in [0.717, 1.165) is 5.56 Å². The smallest absolute Gasteiger partial charge is 0.271 e. The Morgan fingerprint density at radius 1 is 1.33 bits per heavy atom. The Hall–Kier alpha value is -2.27. The highest BCUT2D eigenvalue weighted by atomic mass is 35.5. The Kier molecular flexibility index (Phi) is 4.33. The monoisotopic (exact) mass is 306 g/mol. The average Bonchev–Trinajstić information content (AvgIpc) is 2.42. The molecular weight excluding hydrogens is 292 g/mol. The number of nitrogens with zero attached hydrogens (tertiary/aromatic N) is 1. The van der Waals surface area contributed by atoms with Crippen molar-refractivity contribution in [1.29, 1.82) is 0 Å². The Balaban J connectivity index is 2.29. The number of phenolic OH excluding ortho intramolecular Hbond substituents is 1. The third kappa shape index (κ3) is 3.44. The molecule has 0 unspecified atom stereocenters. The summed E-state index contributed by atoms with van der Waals surface area (Å²) < 4.78 is 0. The number of rotatable bonds is 4. The van der Waals surface area contributed by atoms with Gasteiger partial charge in [-0.15, -0.1) is 0 Å². The van der Waals surface area contributed by atoms with Gasteiger partial charge in [-0.25, -0.2) is 0 Å². The van der Waals surface area contributed by atoms with Gasteiger partial charge < -0.3 is 10.4 Å². The summed E-state index contributed by atoms with van der Waals surface area (Å²) in [6, 6.07) is 9.59. The summed E-state index contributed by atoms with van der Waals surface area (Å²) in [5, 5.41) is 23.8. The van der Waals surface area contributed by atoms with Crippen LogP contribution < -0.4 is 5.32 Å². The molecule has 0 aliphatic heterocycles. The minimum atomic E-state index is -0.471. The maximum Gasteiger partial charge on any atom is 0.271 e. The van der Waals surface area contributed by atoms with Crippen molar-refractivity contribution in [3.8, 4) is 5.75 Å². The predicted octanol–water partition coefficient (Wildman–Crippen LogP) is 4.44. The fourth-order valence-electron chi connectivity index (χ4n) is 2.11. The Labute approximate surface area is 127 Å². The van der Waals surface area contributed by atoms with E-state index in [1.165, 1.54) is 12.1 Å². The molecule has 110 valence electrons. The number of hydrogen-bond donors (Lipinski definition) is 2. The number of halogens is 1. The van der Waals surface area contributed by atoms with E-state index in [9.17, 15) is 15.2 Å². The van der Waals surface area contributed by atoms with Crippen molar-refractivity contribution in [2.24, 2.45) is 0 Å². The number of nitro benzene ring substituents is 1. The van der Waals surface area contributed by atoms with Crippen molar-refractivity contribution in [1.82, 2.24) is 0 Å². The summed E-state index contributed by atoms with van der Waals surface area (Å²) in [5.41, 5.74) is 2.20. The number of hydrogen-bond acceptors (Lipinski definition) is 4. The van der Waals surface area contributed by atoms with E-state index in [0.29, 0.717) is 16.3 Å². The molecule has 0 spiro atoms. The summed E-state index contributed by atoms with van der Waals surface area (Å²) in [6.07, 6.45) is 0. The van der Waals surface area contributed by atoms with Gasteiger partial charge in [-0.2, -0.15) is 0 Å². The van der Waals surface area contributed by atoms with E-state index < -0.39 is 4.92 Å². The summed E-state index contributed by atoms with van der Waals surface area (Å²) >= 11 is 6.13. The van der Waals surface area contributed by atoms with Gasteiger partial charge in [0.05, 0.1) is 15.6 Å². The van der Waals surface area contributed by atoms with Gasteiger partial charge in [0.15, 0.2) is 0 Å². The van der Waals surface area contributed by atoms with E-state index in [4.69, 9.17) is 11.6 Å². The normalized spacial score (nSPS) is 12.0. The predicted molar refractivity (Wildman–Crippen MR) is 83.0 cm³/mol. The van der Waals surface area contributed by atoms with E-state index in [1.807, 2.05) is 13.0 Å². The van der Waals surface area contributed by atoms with Crippen molar-refractivity contribution in [2.75, 3.05) is 5.32 Å². The number of nitro groups is 1. The summed E-state index contributed by atoms with van der Waals surface area (Å²) in [7, 11) is 0. The first-order valence-electron chi connectivity index (χ1n) is 6.38. The van der Waals surface area contributed by atoms with Crippen LogP contribution in [0.25, 0.3) is 0 Å². The van der Waals surface area contributed by atoms with Crippen LogP contribution in [-0.2, 0) is 0 Å². The minimum Gasteiger partial charge on any atom is -0.508 e. The lowest BCUT2D eigenvalue weighted by Gasteiger charge is -2.18. The highest BCUT2D eigenvalue weighted by Crippen LogP contribution is 2.33. The van der Waals surface area contributed by atoms with Crippen LogP contribution >= 0.6 is 11.6 Å². The van der Waals surface area contributed by atoms with E-state index >= 15 is 0 Å². The number of phenols is 1. The SMILES string of the molecule is Cc1cc([N+](=O)[O-])cc(Cl)c1N[C@H](C)c1cccc(O)c1. The number of nitrogens with one attached hydrogen (secondary N) is 1. The van der Waals surface area contributed by atoms with Crippen LogP contribution in [0.1, 0.15) is 24.1 Å². The van der Waals surface area contributed by atoms with Crippen LogP contribution in [-0.4, -0.2) is 10.0 Å². The molecule has 2 rings (SSSR count). The second-order valence-electron chi connectivity index (χ2n) is 4.84. The van der Waals surface area contributed by atoms with Crippen molar-refractivity contribution >= 4 is 23.0 Å². The van der Waals surface area contributed by atoms with Crippen molar-refractivity contribution in [2.45, 2.75) is 19.9 Å². The fraction of sp³-hybridized carbons (Fsp3) is 0.200. The van der Waals surface area contributed by atoms with E-state index in [2.05, 4.69) is 5.32 Å². The van der Waals surface area contributed by atoms with E-state index in [-0.39, 0.29) is 17.5 Å². The van der Waals surface area contributed by atoms with Gasteiger partial charge in [-0.05, 0) is 37.1 Å². The number of non-ortho nitro benzene ring substituents is 1. The maximum absolute atomic E-state index is 10.8. The van der Waals surface area contributed by atoms with Gasteiger partial charge in [0, 0.05) is 18.2 Å². The van der Waals surface area contributed by atoms with Crippen LogP contribution in [0.15, 0.2) is 36.4 Å². The van der Waals surface area contributed by atoms with Crippen LogP contribution in [0.5, 0.6) is 5.75 Å². The molecule has 1 atom stereocenters. The van der Waals surface area contributed by atoms with E-state index in [1.54, 1.807) is 25.1 Å². The zero-order valence-corrected chi connectivity index (χ0v) is 12.4. The molecule has 21 heavy (non-hydrogen) atoms. The van der Waals surface area contributed by atoms with Gasteiger partial charge in [-0.3, -0.25) is 10.1 Å². The highest BCUT2D eigenvalue weighted by molar-refractivity contribution is 6.33. The van der Waals surface area contributed by atoms with Crippen molar-refractivity contribution < 1.29 is 10.0 Å². The third-order valence-electron chi connectivity index (χ3n) is 3.21. The number of anilines is 1. The lowest BCUT2D eigenvalue weighted by molar-refractivity contribution is -0.384. The molecule has 0 heterocycles. The largest absolute Gasteiger partial charge is 0.508 e. The second-order valence-corrected chi connectivity index (χ2v) is 5.24. The summed E-state index contributed by atoms with van der Waals surface area (Å²) in [4.78, 5) is 10.3. The lowest BCUT2D eigenvalue weighted by atomic mass is 10.1. The van der Waals surface area contributed by atoms with Gasteiger partial charge in [-0.1, -0.05) is 23.7 Å². The minimum absolute atomic E-state index is 0.0342. The number of benzene rings is 2. The highest BCUT2D eigenvalue weighted by Gasteiger charge is 2.15. The number of aryl methyl sites for hydroxylation is 1. The third-order valence-corrected chi connectivity index (χ3v) is 3.51. The first-order valence-corrected chi connectivity index (χ1v) is 6.76. The Morgan fingerprint density at radius 3 is 2.62 bits per heavy atom. The molecule has 0 saturated carbocycles. The molecule has 0 saturated heterocycles. The summed E-state index contributed by atoms with van der Waals surface area (Å²) in [6.45, 7) is 3.68. The molecule has 0 aliphatic carbocycles. The molecule has 0 aromatic heterocycles. The Bertz CT molecular complexity index is 665. The van der Waals surface area contributed by atoms with Crippen molar-refractivity contribution in [3.05, 3.63) is 62.7 Å². The van der Waals surface area contributed by atoms with Gasteiger partial charge in [0.2, 0.25) is 0 Å². The summed E-state index contributed by atoms with van der Waals surface area (Å²) in [5.74, 6) is 0.188. The van der Waals surface area contributed by atoms with Gasteiger partial charge in [0.1, 0.15) is 5.75 Å². The molecule has 0 radical (unpaired) electrons. The molecule has 0 amide bonds. The molecule has 2 aromatic rings. The van der Waals surface area contributed by atoms with Gasteiger partial charge in [0.25, 0.3) is 5.69 Å². The Morgan fingerprint density at radius 2 is 2.05 bits per heavy atom. The fourth-order valence-corrected chi connectivity index (χ4v) is 2.42. The van der Waals surface area contributed by atoms with Crippen LogP contribution in [0.2, 0.25) is 5.02 Å². The molecule has 0 fully saturated rings. The van der Waals surface area contributed by atoms with Gasteiger partial charge >= 0.3 is 0 Å². The molecule has 0 aliphatic rings. The molecule has 5 nitrogen and oxygen atoms in total. The van der Waals surface area contributed by atoms with Crippen LogP contribution in [0, 0.1) is 17.0 Å². The molecule has 2 N–H and O–H groups in total. The zero-order chi connectivity index (χ0) is 15.6. The van der Waals surface area contributed by atoms with Crippen LogP contribution in [0.3, 0.4) is 0 Å². The second kappa shape index (κ2) is 6.01. The first-order chi connectivity index (χ1) is 9.88. The molecule has 6 heteroatoms. The standard InChI is InChI=1S/C15H15ClN2O3/c1-9-6-12(18(20)21)8-14(16)15(9)17-10(2)11-4-3-5-13(19)7-11/h3-8,10,17,19H,1-2H3/t10-/m1/s1. The topological polar surface area (TPSA) is 75.4 Å². The number of aromatic hydroxyl groups is 1.